The van der Waals surface area contributed by atoms with E-state index in [2.05, 4.69) is 20.8 Å². The van der Waals surface area contributed by atoms with Crippen molar-refractivity contribution >= 4 is 0 Å². The number of hydrogen-bond acceptors (Lipinski definition) is 5. The van der Waals surface area contributed by atoms with Gasteiger partial charge in [-0.25, -0.2) is 0 Å². The van der Waals surface area contributed by atoms with Crippen molar-refractivity contribution in [3.05, 3.63) is 11.7 Å². The fourth-order valence-electron chi connectivity index (χ4n) is 2.87. The minimum absolute atomic E-state index is 0.301. The maximum Gasteiger partial charge on any atom is 0.228 e. The molecule has 2 atom stereocenters. The molecule has 0 bridgehead atoms. The van der Waals surface area contributed by atoms with Gasteiger partial charge in [-0.05, 0) is 38.8 Å². The third-order valence-corrected chi connectivity index (χ3v) is 3.94. The zero-order valence-corrected chi connectivity index (χ0v) is 10.8. The second-order valence-corrected chi connectivity index (χ2v) is 5.40. The van der Waals surface area contributed by atoms with Crippen LogP contribution in [0.25, 0.3) is 0 Å². The van der Waals surface area contributed by atoms with E-state index in [0.717, 1.165) is 37.6 Å². The third-order valence-electron chi connectivity index (χ3n) is 3.94. The fraction of sp³-hybridized carbons (Fsp3) is 0.846. The molecule has 0 saturated carbocycles. The maximum absolute atomic E-state index is 5.38. The lowest BCUT2D eigenvalue weighted by Gasteiger charge is -2.21. The molecule has 0 aromatic carbocycles. The number of hydrogen-bond donors (Lipinski definition) is 2. The van der Waals surface area contributed by atoms with Crippen LogP contribution in [0.15, 0.2) is 4.52 Å². The van der Waals surface area contributed by atoms with Gasteiger partial charge < -0.3 is 15.2 Å². The average molecular weight is 250 g/mol. The SMILES string of the molecule is C1CCC(Cc2nc(C3CCCCN3)no2)NC1. The van der Waals surface area contributed by atoms with Gasteiger partial charge in [-0.3, -0.25) is 0 Å². The largest absolute Gasteiger partial charge is 0.339 e. The quantitative estimate of drug-likeness (QED) is 0.852. The summed E-state index contributed by atoms with van der Waals surface area (Å²) in [6.07, 6.45) is 8.33. The van der Waals surface area contributed by atoms with E-state index in [-0.39, 0.29) is 0 Å². The Morgan fingerprint density at radius 1 is 1.06 bits per heavy atom. The van der Waals surface area contributed by atoms with E-state index in [4.69, 9.17) is 4.52 Å². The lowest BCUT2D eigenvalue weighted by Crippen LogP contribution is -2.35. The van der Waals surface area contributed by atoms with E-state index in [0.29, 0.717) is 12.1 Å². The summed E-state index contributed by atoms with van der Waals surface area (Å²) < 4.78 is 5.38. The van der Waals surface area contributed by atoms with Crippen LogP contribution in [0.4, 0.5) is 0 Å². The molecule has 1 aromatic rings. The molecule has 2 fully saturated rings. The Kier molecular flexibility index (Phi) is 3.90. The molecule has 3 heterocycles. The highest BCUT2D eigenvalue weighted by Gasteiger charge is 2.22. The van der Waals surface area contributed by atoms with Gasteiger partial charge in [-0.2, -0.15) is 4.98 Å². The van der Waals surface area contributed by atoms with Crippen molar-refractivity contribution in [1.29, 1.82) is 0 Å². The van der Waals surface area contributed by atoms with E-state index >= 15 is 0 Å². The van der Waals surface area contributed by atoms with Crippen LogP contribution in [0, 0.1) is 0 Å². The first kappa shape index (κ1) is 12.1. The Bertz CT molecular complexity index is 367. The maximum atomic E-state index is 5.38. The molecule has 100 valence electrons. The van der Waals surface area contributed by atoms with Crippen LogP contribution in [0.5, 0.6) is 0 Å². The Morgan fingerprint density at radius 3 is 2.61 bits per heavy atom. The molecule has 2 N–H and O–H groups in total. The molecule has 2 saturated heterocycles. The van der Waals surface area contributed by atoms with Gasteiger partial charge in [0, 0.05) is 12.5 Å². The Labute approximate surface area is 108 Å². The van der Waals surface area contributed by atoms with Gasteiger partial charge in [0.15, 0.2) is 5.82 Å². The predicted octanol–water partition coefficient (Wildman–Crippen LogP) is 1.57. The van der Waals surface area contributed by atoms with Crippen LogP contribution in [0.1, 0.15) is 56.3 Å². The van der Waals surface area contributed by atoms with Crippen molar-refractivity contribution < 1.29 is 4.52 Å². The van der Waals surface area contributed by atoms with Gasteiger partial charge in [-0.1, -0.05) is 18.0 Å². The number of piperidine rings is 2. The Morgan fingerprint density at radius 2 is 1.89 bits per heavy atom. The summed E-state index contributed by atoms with van der Waals surface area (Å²) in [6, 6.07) is 0.821. The molecule has 0 amide bonds. The lowest BCUT2D eigenvalue weighted by molar-refractivity contribution is 0.322. The van der Waals surface area contributed by atoms with Crippen LogP contribution in [-0.2, 0) is 6.42 Å². The molecule has 0 aliphatic carbocycles. The monoisotopic (exact) mass is 250 g/mol. The predicted molar refractivity (Wildman–Crippen MR) is 68.2 cm³/mol. The van der Waals surface area contributed by atoms with Crippen molar-refractivity contribution in [2.24, 2.45) is 0 Å². The van der Waals surface area contributed by atoms with Gasteiger partial charge in [0.05, 0.1) is 6.04 Å². The summed E-state index contributed by atoms with van der Waals surface area (Å²) >= 11 is 0. The third kappa shape index (κ3) is 2.90. The van der Waals surface area contributed by atoms with Crippen molar-refractivity contribution in [2.45, 2.75) is 57.0 Å². The van der Waals surface area contributed by atoms with Crippen LogP contribution in [-0.4, -0.2) is 29.3 Å². The molecule has 3 rings (SSSR count). The molecule has 2 unspecified atom stereocenters. The summed E-state index contributed by atoms with van der Waals surface area (Å²) in [5.41, 5.74) is 0. The smallest absolute Gasteiger partial charge is 0.228 e. The van der Waals surface area contributed by atoms with Crippen LogP contribution >= 0.6 is 0 Å². The summed E-state index contributed by atoms with van der Waals surface area (Å²) in [4.78, 5) is 4.55. The van der Waals surface area contributed by atoms with E-state index in [9.17, 15) is 0 Å². The number of nitrogens with one attached hydrogen (secondary N) is 2. The van der Waals surface area contributed by atoms with Crippen LogP contribution in [0.2, 0.25) is 0 Å². The standard InChI is InChI=1S/C13H22N4O/c1-3-7-14-10(5-1)9-12-16-13(17-18-12)11-6-2-4-8-15-11/h10-11,14-15H,1-9H2. The number of rotatable bonds is 3. The van der Waals surface area contributed by atoms with E-state index in [1.807, 2.05) is 0 Å². The molecule has 5 nitrogen and oxygen atoms in total. The average Bonchev–Trinajstić information content (AvgIpc) is 2.89. The van der Waals surface area contributed by atoms with E-state index < -0.39 is 0 Å². The normalized spacial score (nSPS) is 29.3. The zero-order valence-electron chi connectivity index (χ0n) is 10.8. The molecule has 0 spiro atoms. The second-order valence-electron chi connectivity index (χ2n) is 5.40. The highest BCUT2D eigenvalue weighted by molar-refractivity contribution is 4.97. The minimum atomic E-state index is 0.301. The van der Waals surface area contributed by atoms with Gasteiger partial charge in [0.1, 0.15) is 0 Å². The molecule has 2 aliphatic heterocycles. The molecule has 5 heteroatoms. The number of aromatic nitrogens is 2. The zero-order chi connectivity index (χ0) is 12.2. The van der Waals surface area contributed by atoms with Gasteiger partial charge in [0.25, 0.3) is 0 Å². The van der Waals surface area contributed by atoms with E-state index in [1.165, 1.54) is 32.1 Å². The first-order valence-corrected chi connectivity index (χ1v) is 7.21. The minimum Gasteiger partial charge on any atom is -0.339 e. The molecule has 18 heavy (non-hydrogen) atoms. The highest BCUT2D eigenvalue weighted by atomic mass is 16.5. The topological polar surface area (TPSA) is 63.0 Å². The molecule has 2 aliphatic rings. The Hall–Kier alpha value is -0.940. The summed E-state index contributed by atoms with van der Waals surface area (Å²) in [6.45, 7) is 2.19. The molecule has 0 radical (unpaired) electrons. The summed E-state index contributed by atoms with van der Waals surface area (Å²) in [5.74, 6) is 1.64. The second kappa shape index (κ2) is 5.80. The summed E-state index contributed by atoms with van der Waals surface area (Å²) in [5, 5.41) is 11.1. The number of nitrogens with zero attached hydrogens (tertiary/aromatic N) is 2. The van der Waals surface area contributed by atoms with Crippen molar-refractivity contribution in [3.8, 4) is 0 Å². The first-order valence-electron chi connectivity index (χ1n) is 7.21. The van der Waals surface area contributed by atoms with Crippen LogP contribution in [0.3, 0.4) is 0 Å². The lowest BCUT2D eigenvalue weighted by atomic mass is 10.0. The molecule has 1 aromatic heterocycles. The van der Waals surface area contributed by atoms with Crippen molar-refractivity contribution in [2.75, 3.05) is 13.1 Å². The van der Waals surface area contributed by atoms with E-state index in [1.54, 1.807) is 0 Å². The van der Waals surface area contributed by atoms with Gasteiger partial charge in [0.2, 0.25) is 5.89 Å². The fourth-order valence-corrected chi connectivity index (χ4v) is 2.87. The molecular weight excluding hydrogens is 228 g/mol. The molecular formula is C13H22N4O. The Balaban J connectivity index is 1.58. The highest BCUT2D eigenvalue weighted by Crippen LogP contribution is 2.21. The van der Waals surface area contributed by atoms with Gasteiger partial charge >= 0.3 is 0 Å². The first-order chi connectivity index (χ1) is 8.92. The van der Waals surface area contributed by atoms with Crippen LogP contribution < -0.4 is 10.6 Å². The van der Waals surface area contributed by atoms with Crippen molar-refractivity contribution in [1.82, 2.24) is 20.8 Å². The van der Waals surface area contributed by atoms with Crippen molar-refractivity contribution in [3.63, 3.8) is 0 Å². The summed E-state index contributed by atoms with van der Waals surface area (Å²) in [7, 11) is 0. The van der Waals surface area contributed by atoms with Gasteiger partial charge in [-0.15, -0.1) is 0 Å².